The second kappa shape index (κ2) is 8.17. The molecule has 0 atom stereocenters. The van der Waals surface area contributed by atoms with Crippen molar-refractivity contribution in [2.45, 2.75) is 17.7 Å². The summed E-state index contributed by atoms with van der Waals surface area (Å²) in [6.07, 6.45) is 1.72. The number of hydrogen-bond acceptors (Lipinski definition) is 6. The van der Waals surface area contributed by atoms with Gasteiger partial charge in [0.2, 0.25) is 10.0 Å². The minimum Gasteiger partial charge on any atom is -0.465 e. The fourth-order valence-electron chi connectivity index (χ4n) is 3.45. The zero-order chi connectivity index (χ0) is 21.3. The smallest absolute Gasteiger partial charge is 0.350 e. The maximum absolute atomic E-state index is 12.8. The van der Waals surface area contributed by atoms with Crippen molar-refractivity contribution in [2.75, 3.05) is 25.5 Å². The predicted octanol–water partition coefficient (Wildman–Crippen LogP) is 3.72. The molecule has 0 spiro atoms. The van der Waals surface area contributed by atoms with Crippen LogP contribution < -0.4 is 5.32 Å². The summed E-state index contributed by atoms with van der Waals surface area (Å²) in [7, 11) is -2.25. The van der Waals surface area contributed by atoms with Gasteiger partial charge in [0, 0.05) is 28.7 Å². The largest absolute Gasteiger partial charge is 0.465 e. The molecule has 3 aromatic rings. The first-order chi connectivity index (χ1) is 14.4. The van der Waals surface area contributed by atoms with Crippen molar-refractivity contribution >= 4 is 49.0 Å². The minimum atomic E-state index is -3.54. The van der Waals surface area contributed by atoms with E-state index in [0.717, 1.165) is 22.9 Å². The maximum Gasteiger partial charge on any atom is 0.350 e. The average molecular weight is 445 g/mol. The van der Waals surface area contributed by atoms with Gasteiger partial charge >= 0.3 is 5.97 Å². The highest BCUT2D eigenvalue weighted by atomic mass is 32.2. The number of carbonyl (C=O) groups excluding carboxylic acids is 2. The van der Waals surface area contributed by atoms with Crippen LogP contribution in [0.5, 0.6) is 0 Å². The summed E-state index contributed by atoms with van der Waals surface area (Å²) in [6.45, 7) is 1.04. The van der Waals surface area contributed by atoms with E-state index in [1.54, 1.807) is 0 Å². The van der Waals surface area contributed by atoms with E-state index in [4.69, 9.17) is 4.74 Å². The Labute approximate surface area is 178 Å². The van der Waals surface area contributed by atoms with Crippen LogP contribution in [0, 0.1) is 0 Å². The molecule has 1 aliphatic rings. The second-order valence-electron chi connectivity index (χ2n) is 6.88. The molecule has 0 aliphatic carbocycles. The molecule has 1 fully saturated rings. The first-order valence-electron chi connectivity index (χ1n) is 9.43. The standard InChI is InChI=1S/C21H20N2O5S2/c1-28-21(25)19-18(16-6-2-3-7-17(16)29-19)22-20(24)14-8-10-15(11-9-14)30(26,27)23-12-4-5-13-23/h2-3,6-11H,4-5,12-13H2,1H3,(H,22,24). The summed E-state index contributed by atoms with van der Waals surface area (Å²) >= 11 is 1.24. The van der Waals surface area contributed by atoms with Gasteiger partial charge in [-0.2, -0.15) is 4.31 Å². The van der Waals surface area contributed by atoms with Crippen molar-refractivity contribution < 1.29 is 22.7 Å². The molecular weight excluding hydrogens is 424 g/mol. The van der Waals surface area contributed by atoms with Crippen molar-refractivity contribution in [1.29, 1.82) is 0 Å². The van der Waals surface area contributed by atoms with Gasteiger partial charge in [0.05, 0.1) is 17.7 Å². The number of methoxy groups -OCH3 is 1. The summed E-state index contributed by atoms with van der Waals surface area (Å²) in [5, 5.41) is 3.53. The van der Waals surface area contributed by atoms with E-state index in [0.29, 0.717) is 29.2 Å². The lowest BCUT2D eigenvalue weighted by Gasteiger charge is -2.15. The van der Waals surface area contributed by atoms with Gasteiger partial charge in [-0.3, -0.25) is 4.79 Å². The molecule has 9 heteroatoms. The number of sulfonamides is 1. The Kier molecular flexibility index (Phi) is 5.59. The third-order valence-electron chi connectivity index (χ3n) is 5.02. The van der Waals surface area contributed by atoms with Crippen LogP contribution >= 0.6 is 11.3 Å². The molecule has 7 nitrogen and oxygen atoms in total. The third-order valence-corrected chi connectivity index (χ3v) is 8.09. The van der Waals surface area contributed by atoms with Crippen LogP contribution in [0.25, 0.3) is 10.1 Å². The van der Waals surface area contributed by atoms with Gasteiger partial charge in [0.1, 0.15) is 4.88 Å². The third kappa shape index (κ3) is 3.71. The van der Waals surface area contributed by atoms with Gasteiger partial charge in [-0.1, -0.05) is 18.2 Å². The Bertz CT molecular complexity index is 1210. The Morgan fingerprint density at radius 2 is 1.70 bits per heavy atom. The van der Waals surface area contributed by atoms with E-state index >= 15 is 0 Å². The van der Waals surface area contributed by atoms with Gasteiger partial charge in [-0.05, 0) is 43.2 Å². The lowest BCUT2D eigenvalue weighted by atomic mass is 10.2. The fourth-order valence-corrected chi connectivity index (χ4v) is 6.04. The minimum absolute atomic E-state index is 0.164. The van der Waals surface area contributed by atoms with Gasteiger partial charge in [-0.25, -0.2) is 13.2 Å². The molecule has 1 saturated heterocycles. The number of ether oxygens (including phenoxy) is 1. The summed E-state index contributed by atoms with van der Waals surface area (Å²) < 4.78 is 32.4. The predicted molar refractivity (Wildman–Crippen MR) is 116 cm³/mol. The first-order valence-corrected chi connectivity index (χ1v) is 11.7. The summed E-state index contributed by atoms with van der Waals surface area (Å²) in [6, 6.07) is 13.2. The highest BCUT2D eigenvalue weighted by Crippen LogP contribution is 2.36. The zero-order valence-electron chi connectivity index (χ0n) is 16.3. The first kappa shape index (κ1) is 20.5. The molecule has 1 aromatic heterocycles. The van der Waals surface area contributed by atoms with Gasteiger partial charge in [0.25, 0.3) is 5.91 Å². The Hall–Kier alpha value is -2.75. The van der Waals surface area contributed by atoms with Crippen LogP contribution in [0.2, 0.25) is 0 Å². The number of hydrogen-bond donors (Lipinski definition) is 1. The zero-order valence-corrected chi connectivity index (χ0v) is 17.9. The normalized spacial score (nSPS) is 14.7. The molecule has 2 aromatic carbocycles. The lowest BCUT2D eigenvalue weighted by Crippen LogP contribution is -2.27. The molecule has 0 bridgehead atoms. The van der Waals surface area contributed by atoms with Gasteiger partial charge in [-0.15, -0.1) is 11.3 Å². The number of rotatable bonds is 5. The van der Waals surface area contributed by atoms with Crippen molar-refractivity contribution in [3.05, 3.63) is 59.0 Å². The van der Waals surface area contributed by atoms with Crippen LogP contribution in [0.1, 0.15) is 32.9 Å². The Morgan fingerprint density at radius 1 is 1.03 bits per heavy atom. The number of benzene rings is 2. The van der Waals surface area contributed by atoms with Crippen LogP contribution in [-0.4, -0.2) is 44.8 Å². The van der Waals surface area contributed by atoms with E-state index in [-0.39, 0.29) is 4.90 Å². The number of thiophene rings is 1. The fraction of sp³-hybridized carbons (Fsp3) is 0.238. The van der Waals surface area contributed by atoms with Crippen LogP contribution in [0.15, 0.2) is 53.4 Å². The van der Waals surface area contributed by atoms with Crippen molar-refractivity contribution in [1.82, 2.24) is 4.31 Å². The summed E-state index contributed by atoms with van der Waals surface area (Å²) in [5.74, 6) is -0.965. The highest BCUT2D eigenvalue weighted by Gasteiger charge is 2.27. The van der Waals surface area contributed by atoms with E-state index in [9.17, 15) is 18.0 Å². The molecule has 1 N–H and O–H groups in total. The van der Waals surface area contributed by atoms with Crippen molar-refractivity contribution in [3.8, 4) is 0 Å². The number of nitrogens with zero attached hydrogens (tertiary/aromatic N) is 1. The summed E-state index contributed by atoms with van der Waals surface area (Å²) in [5.41, 5.74) is 0.683. The van der Waals surface area contributed by atoms with Crippen LogP contribution in [0.4, 0.5) is 5.69 Å². The van der Waals surface area contributed by atoms with E-state index in [1.807, 2.05) is 24.3 Å². The molecule has 0 unspecified atom stereocenters. The van der Waals surface area contributed by atoms with E-state index < -0.39 is 21.9 Å². The van der Waals surface area contributed by atoms with Crippen LogP contribution in [-0.2, 0) is 14.8 Å². The molecule has 0 saturated carbocycles. The molecule has 30 heavy (non-hydrogen) atoms. The number of esters is 1. The van der Waals surface area contributed by atoms with Gasteiger partial charge in [0.15, 0.2) is 0 Å². The molecule has 2 heterocycles. The Morgan fingerprint density at radius 3 is 2.37 bits per heavy atom. The number of fused-ring (bicyclic) bond motifs is 1. The number of nitrogens with one attached hydrogen (secondary N) is 1. The summed E-state index contributed by atoms with van der Waals surface area (Å²) in [4.78, 5) is 25.5. The molecule has 156 valence electrons. The topological polar surface area (TPSA) is 92.8 Å². The molecule has 0 radical (unpaired) electrons. The van der Waals surface area contributed by atoms with Crippen molar-refractivity contribution in [2.24, 2.45) is 0 Å². The highest BCUT2D eigenvalue weighted by molar-refractivity contribution is 7.89. The number of amides is 1. The SMILES string of the molecule is COC(=O)c1sc2ccccc2c1NC(=O)c1ccc(S(=O)(=O)N2CCCC2)cc1. The average Bonchev–Trinajstić information content (AvgIpc) is 3.42. The van der Waals surface area contributed by atoms with E-state index in [2.05, 4.69) is 5.32 Å². The molecule has 1 aliphatic heterocycles. The number of anilines is 1. The monoisotopic (exact) mass is 444 g/mol. The van der Waals surface area contributed by atoms with Crippen LogP contribution in [0.3, 0.4) is 0 Å². The number of carbonyl (C=O) groups is 2. The maximum atomic E-state index is 12.8. The molecule has 4 rings (SSSR count). The Balaban J connectivity index is 1.61. The molecular formula is C21H20N2O5S2. The van der Waals surface area contributed by atoms with E-state index in [1.165, 1.54) is 47.0 Å². The quantitative estimate of drug-likeness (QED) is 0.606. The molecule has 1 amide bonds. The second-order valence-corrected chi connectivity index (χ2v) is 9.87. The lowest BCUT2D eigenvalue weighted by molar-refractivity contribution is 0.0607. The van der Waals surface area contributed by atoms with Crippen molar-refractivity contribution in [3.63, 3.8) is 0 Å². The van der Waals surface area contributed by atoms with Gasteiger partial charge < -0.3 is 10.1 Å².